The van der Waals surface area contributed by atoms with E-state index >= 15 is 0 Å². The predicted octanol–water partition coefficient (Wildman–Crippen LogP) is 5.07. The first-order chi connectivity index (χ1) is 11.4. The van der Waals surface area contributed by atoms with Crippen LogP contribution in [0.15, 0.2) is 47.6 Å². The summed E-state index contributed by atoms with van der Waals surface area (Å²) >= 11 is 0.970. The van der Waals surface area contributed by atoms with Crippen molar-refractivity contribution < 1.29 is 26.7 Å². The average molecular weight is 360 g/mol. The van der Waals surface area contributed by atoms with Crippen molar-refractivity contribution in [1.82, 2.24) is 4.98 Å². The molecule has 3 nitrogen and oxygen atoms in total. The minimum Gasteiger partial charge on any atom is -0.451 e. The number of ether oxygens (including phenoxy) is 1. The van der Waals surface area contributed by atoms with Gasteiger partial charge in [-0.05, 0) is 18.2 Å². The lowest BCUT2D eigenvalue weighted by molar-refractivity contribution is -0.0926. The second-order valence-corrected chi connectivity index (χ2v) is 5.55. The maximum atomic E-state index is 13.6. The van der Waals surface area contributed by atoms with Crippen molar-refractivity contribution in [3.63, 3.8) is 0 Å². The summed E-state index contributed by atoms with van der Waals surface area (Å²) in [5.41, 5.74) is -0.853. The summed E-state index contributed by atoms with van der Waals surface area (Å²) < 4.78 is 71.2. The van der Waals surface area contributed by atoms with Crippen LogP contribution < -0.4 is 9.64 Å². The Balaban J connectivity index is 1.89. The Kier molecular flexibility index (Phi) is 4.35. The van der Waals surface area contributed by atoms with Crippen molar-refractivity contribution in [1.29, 1.82) is 0 Å². The highest BCUT2D eigenvalue weighted by Gasteiger charge is 2.41. The van der Waals surface area contributed by atoms with Gasteiger partial charge in [-0.1, -0.05) is 6.07 Å². The zero-order valence-corrected chi connectivity index (χ0v) is 12.7. The highest BCUT2D eigenvalue weighted by molar-refractivity contribution is 8.02. The predicted molar refractivity (Wildman–Crippen MR) is 79.7 cm³/mol. The third-order valence-electron chi connectivity index (χ3n) is 3.11. The summed E-state index contributed by atoms with van der Waals surface area (Å²) in [5.74, 6) is -2.49. The molecule has 0 aliphatic carbocycles. The van der Waals surface area contributed by atoms with Gasteiger partial charge in [0.2, 0.25) is 0 Å². The number of hydrogen-bond donors (Lipinski definition) is 0. The van der Waals surface area contributed by atoms with Gasteiger partial charge in [-0.3, -0.25) is 0 Å². The fourth-order valence-electron chi connectivity index (χ4n) is 2.04. The molecule has 0 atom stereocenters. The molecule has 1 aromatic carbocycles. The number of anilines is 1. The number of thioether (sulfide) groups is 1. The van der Waals surface area contributed by atoms with E-state index in [0.29, 0.717) is 0 Å². The Morgan fingerprint density at radius 2 is 1.83 bits per heavy atom. The number of alkyl halides is 3. The largest absolute Gasteiger partial charge is 0.451 e. The number of pyridine rings is 1. The topological polar surface area (TPSA) is 25.4 Å². The molecule has 1 aliphatic rings. The number of halogens is 5. The van der Waals surface area contributed by atoms with Crippen LogP contribution in [0.2, 0.25) is 0 Å². The maximum absolute atomic E-state index is 13.6. The molecule has 9 heteroatoms. The quantitative estimate of drug-likeness (QED) is 0.714. The lowest BCUT2D eigenvalue weighted by Crippen LogP contribution is -2.28. The van der Waals surface area contributed by atoms with Gasteiger partial charge in [0.05, 0.1) is 5.88 Å². The van der Waals surface area contributed by atoms with Crippen LogP contribution in [0, 0.1) is 11.6 Å². The Bertz CT molecular complexity index is 773. The van der Waals surface area contributed by atoms with E-state index in [-0.39, 0.29) is 17.4 Å². The number of rotatable bonds is 3. The van der Waals surface area contributed by atoms with E-state index in [1.54, 1.807) is 0 Å². The van der Waals surface area contributed by atoms with E-state index in [4.69, 9.17) is 4.74 Å². The minimum atomic E-state index is -4.53. The molecular formula is C15H9F5N2OS. The molecule has 1 aromatic heterocycles. The highest BCUT2D eigenvalue weighted by atomic mass is 32.2. The molecule has 0 N–H and O–H groups in total. The molecule has 0 amide bonds. The van der Waals surface area contributed by atoms with Gasteiger partial charge in [0.15, 0.2) is 17.4 Å². The first kappa shape index (κ1) is 16.6. The van der Waals surface area contributed by atoms with Crippen LogP contribution in [0.4, 0.5) is 27.8 Å². The van der Waals surface area contributed by atoms with E-state index in [2.05, 4.69) is 4.98 Å². The van der Waals surface area contributed by atoms with Crippen molar-refractivity contribution in [2.75, 3.05) is 10.8 Å². The van der Waals surface area contributed by atoms with Crippen LogP contribution in [0.1, 0.15) is 0 Å². The number of aromatic nitrogens is 1. The Morgan fingerprint density at radius 3 is 2.50 bits per heavy atom. The first-order valence-electron chi connectivity index (χ1n) is 6.60. The first-order valence-corrected chi connectivity index (χ1v) is 7.65. The van der Waals surface area contributed by atoms with Crippen LogP contribution in [-0.2, 0) is 0 Å². The molecule has 0 saturated carbocycles. The van der Waals surface area contributed by atoms with Crippen LogP contribution in [-0.4, -0.2) is 17.0 Å². The van der Waals surface area contributed by atoms with Gasteiger partial charge in [0.25, 0.3) is 0 Å². The normalized spacial score (nSPS) is 14.7. The molecule has 24 heavy (non-hydrogen) atoms. The number of hydrogen-bond acceptors (Lipinski definition) is 4. The maximum Gasteiger partial charge on any atom is 0.432 e. The lowest BCUT2D eigenvalue weighted by atomic mass is 10.3. The molecule has 0 spiro atoms. The molecular weight excluding hydrogens is 351 g/mol. The van der Waals surface area contributed by atoms with Gasteiger partial charge in [-0.2, -0.15) is 13.2 Å². The van der Waals surface area contributed by atoms with Crippen molar-refractivity contribution in [2.24, 2.45) is 0 Å². The molecule has 2 aromatic rings. The Morgan fingerprint density at radius 1 is 1.12 bits per heavy atom. The Hall–Kier alpha value is -2.29. The molecule has 2 heterocycles. The monoisotopic (exact) mass is 360 g/mol. The third kappa shape index (κ3) is 3.30. The number of allylic oxidation sites excluding steroid dienone is 1. The zero-order valence-electron chi connectivity index (χ0n) is 11.8. The summed E-state index contributed by atoms with van der Waals surface area (Å²) in [6.07, 6.45) is -3.32. The number of para-hydroxylation sites is 1. The van der Waals surface area contributed by atoms with Crippen LogP contribution in [0.25, 0.3) is 0 Å². The molecule has 3 rings (SSSR count). The number of benzene rings is 1. The summed E-state index contributed by atoms with van der Waals surface area (Å²) in [7, 11) is 0. The molecule has 0 fully saturated rings. The van der Waals surface area contributed by atoms with Gasteiger partial charge in [-0.25, -0.2) is 13.8 Å². The average Bonchev–Trinajstić information content (AvgIpc) is 3.01. The van der Waals surface area contributed by atoms with Gasteiger partial charge >= 0.3 is 6.18 Å². The van der Waals surface area contributed by atoms with E-state index < -0.39 is 29.3 Å². The van der Waals surface area contributed by atoms with Crippen LogP contribution >= 0.6 is 11.8 Å². The number of nitrogens with zero attached hydrogens (tertiary/aromatic N) is 2. The molecule has 0 bridgehead atoms. The fourth-order valence-corrected chi connectivity index (χ4v) is 2.96. The van der Waals surface area contributed by atoms with Crippen molar-refractivity contribution in [2.45, 2.75) is 6.18 Å². The van der Waals surface area contributed by atoms with E-state index in [9.17, 15) is 22.0 Å². The molecule has 0 unspecified atom stereocenters. The molecule has 0 radical (unpaired) electrons. The summed E-state index contributed by atoms with van der Waals surface area (Å²) in [6, 6.07) is 5.70. The van der Waals surface area contributed by atoms with Gasteiger partial charge in [0, 0.05) is 17.7 Å². The Labute approximate surface area is 137 Å². The summed E-state index contributed by atoms with van der Waals surface area (Å²) in [5, 5.41) is 0.992. The summed E-state index contributed by atoms with van der Waals surface area (Å²) in [6.45, 7) is 0. The fraction of sp³-hybridized carbons (Fsp3) is 0.133. The van der Waals surface area contributed by atoms with Crippen molar-refractivity contribution >= 4 is 17.6 Å². The van der Waals surface area contributed by atoms with Gasteiger partial charge in [0.1, 0.15) is 17.3 Å². The molecule has 0 saturated heterocycles. The lowest BCUT2D eigenvalue weighted by Gasteiger charge is -2.22. The molecule has 126 valence electrons. The van der Waals surface area contributed by atoms with E-state index in [0.717, 1.165) is 34.2 Å². The third-order valence-corrected chi connectivity index (χ3v) is 3.91. The van der Waals surface area contributed by atoms with E-state index in [1.165, 1.54) is 24.4 Å². The minimum absolute atomic E-state index is 0.0255. The summed E-state index contributed by atoms with van der Waals surface area (Å²) in [4.78, 5) is 4.83. The van der Waals surface area contributed by atoms with Crippen molar-refractivity contribution in [3.05, 3.63) is 59.3 Å². The molecule has 1 aliphatic heterocycles. The standard InChI is InChI=1S/C15H9F5N2OS/c16-10-2-1-3-11(17)14(10)23-9-4-5-21-13(6-9)22-8-24-7-12(22)15(18,19)20/h1-7H,8H2. The van der Waals surface area contributed by atoms with Gasteiger partial charge < -0.3 is 9.64 Å². The second kappa shape index (κ2) is 6.31. The highest BCUT2D eigenvalue weighted by Crippen LogP contribution is 2.39. The smallest absolute Gasteiger partial charge is 0.432 e. The van der Waals surface area contributed by atoms with E-state index in [1.807, 2.05) is 0 Å². The zero-order chi connectivity index (χ0) is 17.3. The second-order valence-electron chi connectivity index (χ2n) is 4.73. The van der Waals surface area contributed by atoms with Crippen LogP contribution in [0.5, 0.6) is 11.5 Å². The SMILES string of the molecule is Fc1cccc(F)c1Oc1ccnc(N2CSC=C2C(F)(F)F)c1. The van der Waals surface area contributed by atoms with Crippen molar-refractivity contribution in [3.8, 4) is 11.5 Å². The van der Waals surface area contributed by atoms with Crippen LogP contribution in [0.3, 0.4) is 0 Å². The van der Waals surface area contributed by atoms with Gasteiger partial charge in [-0.15, -0.1) is 11.8 Å².